The van der Waals surface area contributed by atoms with Crippen molar-refractivity contribution in [3.63, 3.8) is 0 Å². The topological polar surface area (TPSA) is 55.8 Å². The monoisotopic (exact) mass is 319 g/mol. The van der Waals surface area contributed by atoms with Crippen molar-refractivity contribution >= 4 is 11.9 Å². The van der Waals surface area contributed by atoms with Crippen LogP contribution in [0.5, 0.6) is 0 Å². The van der Waals surface area contributed by atoms with E-state index in [2.05, 4.69) is 13.8 Å². The van der Waals surface area contributed by atoms with Crippen LogP contribution in [-0.4, -0.2) is 49.2 Å². The molecule has 0 bridgehead atoms. The van der Waals surface area contributed by atoms with E-state index in [-0.39, 0.29) is 5.91 Å². The zero-order chi connectivity index (χ0) is 17.0. The quantitative estimate of drug-likeness (QED) is 0.755. The summed E-state index contributed by atoms with van der Waals surface area (Å²) in [6, 6.07) is 7.29. The minimum absolute atomic E-state index is 0.161. The number of methoxy groups -OCH3 is 1. The van der Waals surface area contributed by atoms with E-state index in [0.29, 0.717) is 37.6 Å². The van der Waals surface area contributed by atoms with Gasteiger partial charge >= 0.3 is 5.97 Å². The lowest BCUT2D eigenvalue weighted by molar-refractivity contribution is -0.152. The van der Waals surface area contributed by atoms with Crippen LogP contribution < -0.4 is 0 Å². The van der Waals surface area contributed by atoms with Gasteiger partial charge in [-0.1, -0.05) is 32.0 Å². The van der Waals surface area contributed by atoms with Crippen LogP contribution in [0.1, 0.15) is 36.7 Å². The third-order valence-electron chi connectivity index (χ3n) is 3.97. The third kappa shape index (κ3) is 3.91. The van der Waals surface area contributed by atoms with E-state index >= 15 is 0 Å². The first kappa shape index (κ1) is 17.5. The van der Waals surface area contributed by atoms with E-state index < -0.39 is 11.6 Å². The molecule has 0 saturated heterocycles. The molecule has 23 heavy (non-hydrogen) atoms. The van der Waals surface area contributed by atoms with Gasteiger partial charge in [-0.2, -0.15) is 0 Å². The maximum absolute atomic E-state index is 13.0. The number of fused-ring (bicyclic) bond motifs is 1. The normalized spacial score (nSPS) is 20.1. The summed E-state index contributed by atoms with van der Waals surface area (Å²) in [7, 11) is 1.61. The van der Waals surface area contributed by atoms with Crippen LogP contribution in [0.25, 0.3) is 0 Å². The van der Waals surface area contributed by atoms with Gasteiger partial charge in [-0.05, 0) is 24.5 Å². The van der Waals surface area contributed by atoms with E-state index in [1.54, 1.807) is 31.1 Å². The molecule has 0 saturated carbocycles. The molecule has 1 aromatic carbocycles. The lowest BCUT2D eigenvalue weighted by Crippen LogP contribution is -2.54. The number of nitrogens with zero attached hydrogens (tertiary/aromatic N) is 1. The Hall–Kier alpha value is -1.88. The summed E-state index contributed by atoms with van der Waals surface area (Å²) in [5.41, 5.74) is 0.245. The van der Waals surface area contributed by atoms with Gasteiger partial charge in [-0.15, -0.1) is 0 Å². The van der Waals surface area contributed by atoms with Crippen molar-refractivity contribution in [2.24, 2.45) is 5.92 Å². The fraction of sp³-hybridized carbons (Fsp3) is 0.556. The molecule has 1 aliphatic heterocycles. The maximum atomic E-state index is 13.0. The third-order valence-corrected chi connectivity index (χ3v) is 3.97. The predicted octanol–water partition coefficient (Wildman–Crippen LogP) is 2.29. The molecule has 1 amide bonds. The molecule has 0 radical (unpaired) electrons. The molecule has 1 unspecified atom stereocenters. The van der Waals surface area contributed by atoms with E-state index in [9.17, 15) is 9.59 Å². The molecule has 0 N–H and O–H groups in total. The highest BCUT2D eigenvalue weighted by molar-refractivity contribution is 5.97. The lowest BCUT2D eigenvalue weighted by atomic mass is 9.88. The molecular formula is C18H25NO4. The molecule has 0 spiro atoms. The van der Waals surface area contributed by atoms with Gasteiger partial charge in [0.2, 0.25) is 0 Å². The number of carbonyl (C=O) groups excluding carboxylic acids is 2. The summed E-state index contributed by atoms with van der Waals surface area (Å²) < 4.78 is 10.6. The van der Waals surface area contributed by atoms with Gasteiger partial charge in [-0.3, -0.25) is 4.79 Å². The maximum Gasteiger partial charge on any atom is 0.339 e. The second-order valence-corrected chi connectivity index (χ2v) is 6.59. The van der Waals surface area contributed by atoms with E-state index in [1.165, 1.54) is 0 Å². The van der Waals surface area contributed by atoms with Crippen LogP contribution in [0.2, 0.25) is 0 Å². The van der Waals surface area contributed by atoms with Crippen LogP contribution in [0.4, 0.5) is 0 Å². The first-order valence-corrected chi connectivity index (χ1v) is 7.97. The smallest absolute Gasteiger partial charge is 0.339 e. The van der Waals surface area contributed by atoms with Crippen LogP contribution in [0.15, 0.2) is 24.3 Å². The van der Waals surface area contributed by atoms with Gasteiger partial charge in [0.15, 0.2) is 5.60 Å². The van der Waals surface area contributed by atoms with Crippen molar-refractivity contribution in [1.29, 1.82) is 0 Å². The number of hydrogen-bond acceptors (Lipinski definition) is 4. The van der Waals surface area contributed by atoms with Crippen molar-refractivity contribution in [3.8, 4) is 0 Å². The van der Waals surface area contributed by atoms with E-state index in [1.807, 2.05) is 12.1 Å². The van der Waals surface area contributed by atoms with Crippen molar-refractivity contribution in [3.05, 3.63) is 35.4 Å². The molecule has 2 rings (SSSR count). The van der Waals surface area contributed by atoms with Crippen molar-refractivity contribution in [1.82, 2.24) is 4.90 Å². The van der Waals surface area contributed by atoms with Gasteiger partial charge in [-0.25, -0.2) is 4.79 Å². The summed E-state index contributed by atoms with van der Waals surface area (Å²) >= 11 is 0. The molecule has 126 valence electrons. The Labute approximate surface area is 137 Å². The predicted molar refractivity (Wildman–Crippen MR) is 87.3 cm³/mol. The van der Waals surface area contributed by atoms with Gasteiger partial charge in [0.25, 0.3) is 5.91 Å². The zero-order valence-electron chi connectivity index (χ0n) is 14.3. The van der Waals surface area contributed by atoms with Crippen molar-refractivity contribution in [2.75, 3.05) is 26.8 Å². The Morgan fingerprint density at radius 2 is 2.09 bits per heavy atom. The highest BCUT2D eigenvalue weighted by Crippen LogP contribution is 2.29. The van der Waals surface area contributed by atoms with Gasteiger partial charge < -0.3 is 14.4 Å². The lowest BCUT2D eigenvalue weighted by Gasteiger charge is -2.37. The molecule has 1 heterocycles. The van der Waals surface area contributed by atoms with Crippen molar-refractivity contribution in [2.45, 2.75) is 32.8 Å². The second-order valence-electron chi connectivity index (χ2n) is 6.59. The number of amides is 1. The Balaban J connectivity index is 2.24. The van der Waals surface area contributed by atoms with Crippen LogP contribution in [0, 0.1) is 5.92 Å². The number of cyclic esters (lactones) is 1. The minimum atomic E-state index is -1.16. The summed E-state index contributed by atoms with van der Waals surface area (Å²) in [4.78, 5) is 27.0. The van der Waals surface area contributed by atoms with Crippen LogP contribution in [0.3, 0.4) is 0 Å². The molecule has 0 aliphatic carbocycles. The molecule has 5 heteroatoms. The number of carbonyl (C=O) groups is 2. The Morgan fingerprint density at radius 1 is 1.39 bits per heavy atom. The summed E-state index contributed by atoms with van der Waals surface area (Å²) in [5, 5.41) is 0. The molecule has 0 fully saturated rings. The molecule has 0 aromatic heterocycles. The van der Waals surface area contributed by atoms with Gasteiger partial charge in [0, 0.05) is 26.6 Å². The first-order valence-electron chi connectivity index (χ1n) is 7.97. The molecular weight excluding hydrogens is 294 g/mol. The SMILES string of the molecule is COCCN(CC(C)C)C(=O)C1(C)Cc2ccccc2C(=O)O1. The summed E-state index contributed by atoms with van der Waals surface area (Å²) in [5.74, 6) is -0.268. The van der Waals surface area contributed by atoms with Crippen LogP contribution >= 0.6 is 0 Å². The average molecular weight is 319 g/mol. The van der Waals surface area contributed by atoms with Crippen molar-refractivity contribution < 1.29 is 19.1 Å². The average Bonchev–Trinajstić information content (AvgIpc) is 2.50. The highest BCUT2D eigenvalue weighted by atomic mass is 16.6. The van der Waals surface area contributed by atoms with E-state index in [4.69, 9.17) is 9.47 Å². The fourth-order valence-electron chi connectivity index (χ4n) is 2.90. The number of benzene rings is 1. The number of ether oxygens (including phenoxy) is 2. The number of esters is 1. The van der Waals surface area contributed by atoms with Gasteiger partial charge in [0.1, 0.15) is 0 Å². The Kier molecular flexibility index (Phi) is 5.42. The summed E-state index contributed by atoms with van der Waals surface area (Å²) in [6.07, 6.45) is 0.398. The Morgan fingerprint density at radius 3 is 2.74 bits per heavy atom. The Bertz CT molecular complexity index is 584. The van der Waals surface area contributed by atoms with Gasteiger partial charge in [0.05, 0.1) is 12.2 Å². The minimum Gasteiger partial charge on any atom is -0.445 e. The molecule has 1 aromatic rings. The first-order chi connectivity index (χ1) is 10.9. The standard InChI is InChI=1S/C18H25NO4/c1-13(2)12-19(9-10-22-4)17(21)18(3)11-14-7-5-6-8-15(14)16(20)23-18/h5-8,13H,9-12H2,1-4H3. The fourth-order valence-corrected chi connectivity index (χ4v) is 2.90. The van der Waals surface area contributed by atoms with Crippen LogP contribution in [-0.2, 0) is 20.7 Å². The van der Waals surface area contributed by atoms with E-state index in [0.717, 1.165) is 5.56 Å². The molecule has 1 aliphatic rings. The highest BCUT2D eigenvalue weighted by Gasteiger charge is 2.44. The largest absolute Gasteiger partial charge is 0.445 e. The molecule has 1 atom stereocenters. The zero-order valence-corrected chi connectivity index (χ0v) is 14.3. The molecule has 5 nitrogen and oxygen atoms in total. The summed E-state index contributed by atoms with van der Waals surface area (Å²) in [6.45, 7) is 7.36. The number of rotatable bonds is 6. The number of hydrogen-bond donors (Lipinski definition) is 0. The second kappa shape index (κ2) is 7.13.